The Hall–Kier alpha value is -2.99. The van der Waals surface area contributed by atoms with Gasteiger partial charge in [-0.1, -0.05) is 38.1 Å². The second kappa shape index (κ2) is 10.1. The Labute approximate surface area is 201 Å². The Balaban J connectivity index is 1.26. The predicted octanol–water partition coefficient (Wildman–Crippen LogP) is 4.63. The van der Waals surface area contributed by atoms with E-state index in [-0.39, 0.29) is 19.3 Å². The van der Waals surface area contributed by atoms with E-state index in [0.29, 0.717) is 17.8 Å². The van der Waals surface area contributed by atoms with Crippen LogP contribution >= 0.6 is 0 Å². The molecule has 2 bridgehead atoms. The van der Waals surface area contributed by atoms with Gasteiger partial charge in [0.25, 0.3) is 5.91 Å². The predicted molar refractivity (Wildman–Crippen MR) is 132 cm³/mol. The minimum Gasteiger partial charge on any atom is -0.483 e. The molecule has 1 aliphatic heterocycles. The Morgan fingerprint density at radius 3 is 2.59 bits per heavy atom. The highest BCUT2D eigenvalue weighted by atomic mass is 16.7. The highest BCUT2D eigenvalue weighted by Gasteiger charge is 2.35. The molecular weight excluding hydrogens is 428 g/mol. The summed E-state index contributed by atoms with van der Waals surface area (Å²) in [6.45, 7) is 8.01. The number of ether oxygens (including phenoxy) is 3. The van der Waals surface area contributed by atoms with Gasteiger partial charge in [-0.2, -0.15) is 0 Å². The molecule has 3 aliphatic rings. The average Bonchev–Trinajstić information content (AvgIpc) is 3.61. The maximum absolute atomic E-state index is 12.5. The largest absolute Gasteiger partial charge is 0.483 e. The number of nitrogens with zero attached hydrogens (tertiary/aromatic N) is 1. The normalized spacial score (nSPS) is 21.9. The van der Waals surface area contributed by atoms with E-state index in [0.717, 1.165) is 60.1 Å². The number of allylic oxidation sites excluding steroid dienone is 2. The lowest BCUT2D eigenvalue weighted by molar-refractivity contribution is -0.123. The van der Waals surface area contributed by atoms with Crippen molar-refractivity contribution in [2.75, 3.05) is 33.0 Å². The summed E-state index contributed by atoms with van der Waals surface area (Å²) in [6.07, 6.45) is 7.10. The summed E-state index contributed by atoms with van der Waals surface area (Å²) in [7, 11) is 0. The zero-order chi connectivity index (χ0) is 23.5. The van der Waals surface area contributed by atoms with E-state index in [1.165, 1.54) is 12.8 Å². The molecule has 3 atom stereocenters. The van der Waals surface area contributed by atoms with Crippen molar-refractivity contribution in [3.8, 4) is 28.4 Å². The van der Waals surface area contributed by atoms with E-state index < -0.39 is 0 Å². The molecule has 2 aromatic carbocycles. The first-order valence-corrected chi connectivity index (χ1v) is 12.5. The van der Waals surface area contributed by atoms with Crippen molar-refractivity contribution in [3.63, 3.8) is 0 Å². The molecule has 0 aromatic heterocycles. The molecule has 34 heavy (non-hydrogen) atoms. The molecule has 1 N–H and O–H groups in total. The molecule has 1 amide bonds. The minimum absolute atomic E-state index is 0.0330. The van der Waals surface area contributed by atoms with Crippen LogP contribution < -0.4 is 19.5 Å². The standard InChI is InChI=1S/C28H34N2O4/c1-3-30(4-2)16-24-13-21(22-8-10-26-27(14-22)34-18-33-26)7-9-25(24)32-17-28(31)29-15-23-12-19-5-6-20(23)11-19/h5-10,13-14,19-20,23H,3-4,11-12,15-18H2,1-2H3,(H,29,31)/t19-,20+,23-/m1/s1. The molecule has 0 saturated heterocycles. The van der Waals surface area contributed by atoms with E-state index in [1.54, 1.807) is 0 Å². The van der Waals surface area contributed by atoms with Gasteiger partial charge in [-0.3, -0.25) is 9.69 Å². The fourth-order valence-corrected chi connectivity index (χ4v) is 5.36. The van der Waals surface area contributed by atoms with Crippen LogP contribution in [-0.2, 0) is 11.3 Å². The van der Waals surface area contributed by atoms with Crippen LogP contribution in [0, 0.1) is 17.8 Å². The SMILES string of the molecule is CCN(CC)Cc1cc(-c2ccc3c(c2)OCO3)ccc1OCC(=O)NC[C@H]1C[C@@H]2C=C[C@H]1C2. The van der Waals surface area contributed by atoms with Crippen LogP contribution in [0.5, 0.6) is 17.2 Å². The van der Waals surface area contributed by atoms with Crippen LogP contribution in [0.4, 0.5) is 0 Å². The number of carbonyl (C=O) groups is 1. The first-order valence-electron chi connectivity index (χ1n) is 12.5. The number of nitrogens with one attached hydrogen (secondary N) is 1. The Kier molecular flexibility index (Phi) is 6.77. The van der Waals surface area contributed by atoms with Gasteiger partial charge in [0.1, 0.15) is 5.75 Å². The maximum Gasteiger partial charge on any atom is 0.257 e. The monoisotopic (exact) mass is 462 g/mol. The number of fused-ring (bicyclic) bond motifs is 3. The summed E-state index contributed by atoms with van der Waals surface area (Å²) >= 11 is 0. The quantitative estimate of drug-likeness (QED) is 0.522. The van der Waals surface area contributed by atoms with Crippen molar-refractivity contribution < 1.29 is 19.0 Å². The van der Waals surface area contributed by atoms with Gasteiger partial charge < -0.3 is 19.5 Å². The van der Waals surface area contributed by atoms with Gasteiger partial charge in [-0.25, -0.2) is 0 Å². The van der Waals surface area contributed by atoms with Crippen LogP contribution in [0.15, 0.2) is 48.6 Å². The van der Waals surface area contributed by atoms with Crippen LogP contribution in [0.2, 0.25) is 0 Å². The number of rotatable bonds is 10. The molecule has 1 heterocycles. The first kappa shape index (κ1) is 22.8. The van der Waals surface area contributed by atoms with Crippen molar-refractivity contribution in [1.82, 2.24) is 10.2 Å². The maximum atomic E-state index is 12.5. The van der Waals surface area contributed by atoms with Gasteiger partial charge in [0, 0.05) is 18.7 Å². The summed E-state index contributed by atoms with van der Waals surface area (Å²) in [5.74, 6) is 4.17. The summed E-state index contributed by atoms with van der Waals surface area (Å²) in [6, 6.07) is 12.2. The summed E-state index contributed by atoms with van der Waals surface area (Å²) in [5.41, 5.74) is 3.22. The lowest BCUT2D eigenvalue weighted by atomic mass is 9.94. The number of hydrogen-bond donors (Lipinski definition) is 1. The molecule has 1 saturated carbocycles. The van der Waals surface area contributed by atoms with E-state index in [2.05, 4.69) is 42.3 Å². The van der Waals surface area contributed by atoms with Gasteiger partial charge in [0.15, 0.2) is 18.1 Å². The highest BCUT2D eigenvalue weighted by Crippen LogP contribution is 2.43. The van der Waals surface area contributed by atoms with Crippen LogP contribution in [0.3, 0.4) is 0 Å². The lowest BCUT2D eigenvalue weighted by Gasteiger charge is -2.21. The van der Waals surface area contributed by atoms with Gasteiger partial charge in [-0.15, -0.1) is 0 Å². The summed E-state index contributed by atoms with van der Waals surface area (Å²) < 4.78 is 17.0. The van der Waals surface area contributed by atoms with Crippen molar-refractivity contribution in [2.45, 2.75) is 33.2 Å². The zero-order valence-electron chi connectivity index (χ0n) is 20.1. The topological polar surface area (TPSA) is 60.0 Å². The Morgan fingerprint density at radius 1 is 1.03 bits per heavy atom. The molecule has 0 radical (unpaired) electrons. The third-order valence-corrected chi connectivity index (χ3v) is 7.39. The van der Waals surface area contributed by atoms with Gasteiger partial charge in [-0.05, 0) is 79.1 Å². The molecule has 2 aliphatic carbocycles. The fourth-order valence-electron chi connectivity index (χ4n) is 5.36. The first-order chi connectivity index (χ1) is 16.6. The van der Waals surface area contributed by atoms with Crippen molar-refractivity contribution >= 4 is 5.91 Å². The number of benzene rings is 2. The van der Waals surface area contributed by atoms with Gasteiger partial charge in [0.2, 0.25) is 6.79 Å². The molecule has 2 aromatic rings. The second-order valence-corrected chi connectivity index (χ2v) is 9.49. The van der Waals surface area contributed by atoms with Crippen LogP contribution in [-0.4, -0.2) is 43.8 Å². The summed E-state index contributed by atoms with van der Waals surface area (Å²) in [4.78, 5) is 14.9. The minimum atomic E-state index is -0.0552. The van der Waals surface area contributed by atoms with E-state index >= 15 is 0 Å². The Bertz CT molecular complexity index is 1060. The van der Waals surface area contributed by atoms with E-state index in [1.807, 2.05) is 30.3 Å². The molecule has 180 valence electrons. The van der Waals surface area contributed by atoms with E-state index in [9.17, 15) is 4.79 Å². The fraction of sp³-hybridized carbons (Fsp3) is 0.464. The number of hydrogen-bond acceptors (Lipinski definition) is 5. The Morgan fingerprint density at radius 2 is 1.82 bits per heavy atom. The average molecular weight is 463 g/mol. The summed E-state index contributed by atoms with van der Waals surface area (Å²) in [5, 5.41) is 3.09. The molecule has 0 spiro atoms. The molecule has 5 rings (SSSR count). The molecular formula is C28H34N2O4. The van der Waals surface area contributed by atoms with Gasteiger partial charge >= 0.3 is 0 Å². The van der Waals surface area contributed by atoms with E-state index in [4.69, 9.17) is 14.2 Å². The van der Waals surface area contributed by atoms with Crippen LogP contribution in [0.25, 0.3) is 11.1 Å². The van der Waals surface area contributed by atoms with Gasteiger partial charge in [0.05, 0.1) is 0 Å². The molecule has 1 fully saturated rings. The second-order valence-electron chi connectivity index (χ2n) is 9.49. The number of amides is 1. The molecule has 0 unspecified atom stereocenters. The van der Waals surface area contributed by atoms with Crippen molar-refractivity contribution in [3.05, 3.63) is 54.1 Å². The van der Waals surface area contributed by atoms with Crippen molar-refractivity contribution in [2.24, 2.45) is 17.8 Å². The third-order valence-electron chi connectivity index (χ3n) is 7.39. The smallest absolute Gasteiger partial charge is 0.257 e. The number of carbonyl (C=O) groups excluding carboxylic acids is 1. The van der Waals surface area contributed by atoms with Crippen molar-refractivity contribution in [1.29, 1.82) is 0 Å². The third kappa shape index (κ3) is 4.92. The lowest BCUT2D eigenvalue weighted by Crippen LogP contribution is -2.34. The molecule has 6 heteroatoms. The zero-order valence-corrected chi connectivity index (χ0v) is 20.1. The molecule has 6 nitrogen and oxygen atoms in total. The highest BCUT2D eigenvalue weighted by molar-refractivity contribution is 5.77. The van der Waals surface area contributed by atoms with Crippen LogP contribution in [0.1, 0.15) is 32.3 Å².